The monoisotopic (exact) mass is 317 g/mol. The summed E-state index contributed by atoms with van der Waals surface area (Å²) in [6.07, 6.45) is 7.69. The third-order valence-corrected chi connectivity index (χ3v) is 4.87. The van der Waals surface area contributed by atoms with Gasteiger partial charge in [0.2, 0.25) is 0 Å². The number of carbonyl (C=O) groups excluding carboxylic acids is 1. The molecule has 0 bridgehead atoms. The Bertz CT molecular complexity index is 580. The Morgan fingerprint density at radius 2 is 2.00 bits per heavy atom. The molecule has 0 spiro atoms. The molecule has 5 nitrogen and oxygen atoms in total. The van der Waals surface area contributed by atoms with E-state index in [9.17, 15) is 9.59 Å². The minimum atomic E-state index is -1.03. The first-order valence-electron chi connectivity index (χ1n) is 8.39. The molecule has 0 heterocycles. The number of nitrogens with one attached hydrogen (secondary N) is 1. The molecule has 2 N–H and O–H groups in total. The summed E-state index contributed by atoms with van der Waals surface area (Å²) >= 11 is 0. The van der Waals surface area contributed by atoms with Crippen molar-refractivity contribution in [3.05, 3.63) is 29.8 Å². The summed E-state index contributed by atoms with van der Waals surface area (Å²) in [4.78, 5) is 22.9. The summed E-state index contributed by atoms with van der Waals surface area (Å²) < 4.78 is 5.12. The third kappa shape index (κ3) is 4.24. The Morgan fingerprint density at radius 3 is 2.74 bits per heavy atom. The van der Waals surface area contributed by atoms with Gasteiger partial charge in [0.15, 0.2) is 6.61 Å². The fourth-order valence-corrected chi connectivity index (χ4v) is 3.59. The first-order chi connectivity index (χ1) is 11.1. The molecule has 2 saturated carbocycles. The van der Waals surface area contributed by atoms with Gasteiger partial charge in [-0.1, -0.05) is 38.2 Å². The predicted octanol–water partition coefficient (Wildman–Crippen LogP) is 2.85. The van der Waals surface area contributed by atoms with E-state index in [1.54, 1.807) is 24.3 Å². The third-order valence-electron chi connectivity index (χ3n) is 4.87. The van der Waals surface area contributed by atoms with Crippen molar-refractivity contribution >= 4 is 11.9 Å². The van der Waals surface area contributed by atoms with Gasteiger partial charge in [-0.25, -0.2) is 4.79 Å². The number of rotatable bonds is 6. The maximum Gasteiger partial charge on any atom is 0.341 e. The molecule has 0 aromatic heterocycles. The molecule has 1 amide bonds. The van der Waals surface area contributed by atoms with E-state index in [4.69, 9.17) is 9.84 Å². The highest BCUT2D eigenvalue weighted by Gasteiger charge is 2.43. The molecule has 5 heteroatoms. The smallest absolute Gasteiger partial charge is 0.341 e. The second-order valence-electron chi connectivity index (χ2n) is 6.59. The lowest BCUT2D eigenvalue weighted by Crippen LogP contribution is -2.28. The summed E-state index contributed by atoms with van der Waals surface area (Å²) in [7, 11) is 0. The molecule has 2 fully saturated rings. The zero-order chi connectivity index (χ0) is 16.2. The van der Waals surface area contributed by atoms with Crippen LogP contribution in [0.5, 0.6) is 5.75 Å². The summed E-state index contributed by atoms with van der Waals surface area (Å²) in [5, 5.41) is 11.7. The van der Waals surface area contributed by atoms with Crippen molar-refractivity contribution < 1.29 is 19.4 Å². The molecule has 2 aliphatic rings. The van der Waals surface area contributed by atoms with Gasteiger partial charge in [0, 0.05) is 11.6 Å². The number of aliphatic carboxylic acids is 1. The second-order valence-corrected chi connectivity index (χ2v) is 6.59. The second kappa shape index (κ2) is 7.02. The SMILES string of the molecule is O=C(O)COc1cccc(C(=O)NC2CC2C2CCCCC2)c1. The average molecular weight is 317 g/mol. The zero-order valence-electron chi connectivity index (χ0n) is 13.2. The Balaban J connectivity index is 1.52. The highest BCUT2D eigenvalue weighted by Crippen LogP contribution is 2.44. The van der Waals surface area contributed by atoms with Crippen molar-refractivity contribution in [3.63, 3.8) is 0 Å². The molecular formula is C18H23NO4. The quantitative estimate of drug-likeness (QED) is 0.846. The van der Waals surface area contributed by atoms with E-state index >= 15 is 0 Å². The van der Waals surface area contributed by atoms with E-state index < -0.39 is 12.6 Å². The lowest BCUT2D eigenvalue weighted by molar-refractivity contribution is -0.139. The average Bonchev–Trinajstić information content (AvgIpc) is 3.33. The van der Waals surface area contributed by atoms with Crippen molar-refractivity contribution in [2.24, 2.45) is 11.8 Å². The van der Waals surface area contributed by atoms with Crippen LogP contribution in [0.4, 0.5) is 0 Å². The maximum absolute atomic E-state index is 12.3. The van der Waals surface area contributed by atoms with Crippen molar-refractivity contribution in [1.82, 2.24) is 5.32 Å². The molecule has 0 aliphatic heterocycles. The molecule has 2 aliphatic carbocycles. The number of hydrogen-bond donors (Lipinski definition) is 2. The number of carboxylic acid groups (broad SMARTS) is 1. The highest BCUT2D eigenvalue weighted by molar-refractivity contribution is 5.95. The maximum atomic E-state index is 12.3. The number of carboxylic acids is 1. The lowest BCUT2D eigenvalue weighted by atomic mass is 9.85. The molecule has 2 unspecified atom stereocenters. The van der Waals surface area contributed by atoms with Gasteiger partial charge in [-0.05, 0) is 36.5 Å². The van der Waals surface area contributed by atoms with Gasteiger partial charge >= 0.3 is 5.97 Å². The van der Waals surface area contributed by atoms with E-state index in [1.165, 1.54) is 32.1 Å². The van der Waals surface area contributed by atoms with Crippen molar-refractivity contribution in [2.45, 2.75) is 44.6 Å². The molecular weight excluding hydrogens is 294 g/mol. The number of amides is 1. The molecule has 3 rings (SSSR count). The van der Waals surface area contributed by atoms with Crippen LogP contribution in [0, 0.1) is 11.8 Å². The van der Waals surface area contributed by atoms with E-state index in [2.05, 4.69) is 5.32 Å². The molecule has 0 radical (unpaired) electrons. The van der Waals surface area contributed by atoms with E-state index in [0.717, 1.165) is 12.3 Å². The number of hydrogen-bond acceptors (Lipinski definition) is 3. The van der Waals surface area contributed by atoms with Crippen LogP contribution in [0.1, 0.15) is 48.9 Å². The van der Waals surface area contributed by atoms with Gasteiger partial charge in [0.1, 0.15) is 5.75 Å². The first kappa shape index (κ1) is 15.8. The van der Waals surface area contributed by atoms with Gasteiger partial charge in [0.05, 0.1) is 0 Å². The first-order valence-corrected chi connectivity index (χ1v) is 8.39. The number of carbonyl (C=O) groups is 2. The molecule has 23 heavy (non-hydrogen) atoms. The normalized spacial score (nSPS) is 24.0. The fourth-order valence-electron chi connectivity index (χ4n) is 3.59. The van der Waals surface area contributed by atoms with Gasteiger partial charge in [-0.2, -0.15) is 0 Å². The van der Waals surface area contributed by atoms with Gasteiger partial charge in [-0.3, -0.25) is 4.79 Å². The van der Waals surface area contributed by atoms with Gasteiger partial charge in [0.25, 0.3) is 5.91 Å². The topological polar surface area (TPSA) is 75.6 Å². The van der Waals surface area contributed by atoms with E-state index in [1.807, 2.05) is 0 Å². The number of ether oxygens (including phenoxy) is 1. The van der Waals surface area contributed by atoms with Crippen molar-refractivity contribution in [2.75, 3.05) is 6.61 Å². The van der Waals surface area contributed by atoms with Crippen LogP contribution in [-0.4, -0.2) is 29.6 Å². The fraction of sp³-hybridized carbons (Fsp3) is 0.556. The minimum absolute atomic E-state index is 0.103. The number of benzene rings is 1. The summed E-state index contributed by atoms with van der Waals surface area (Å²) in [6.45, 7) is -0.405. The Kier molecular flexibility index (Phi) is 4.84. The van der Waals surface area contributed by atoms with Gasteiger partial charge < -0.3 is 15.2 Å². The standard InChI is InChI=1S/C18H23NO4/c20-17(21)11-23-14-8-4-7-13(9-14)18(22)19-16-10-15(16)12-5-2-1-3-6-12/h4,7-9,12,15-16H,1-3,5-6,10-11H2,(H,19,22)(H,20,21). The van der Waals surface area contributed by atoms with Crippen LogP contribution in [0.25, 0.3) is 0 Å². The minimum Gasteiger partial charge on any atom is -0.482 e. The van der Waals surface area contributed by atoms with E-state index in [0.29, 0.717) is 23.3 Å². The summed E-state index contributed by atoms with van der Waals surface area (Å²) in [5.74, 6) is 0.687. The Labute approximate surface area is 136 Å². The molecule has 1 aromatic carbocycles. The van der Waals surface area contributed by atoms with Crippen molar-refractivity contribution in [1.29, 1.82) is 0 Å². The molecule has 124 valence electrons. The van der Waals surface area contributed by atoms with Crippen LogP contribution in [0.3, 0.4) is 0 Å². The predicted molar refractivity (Wildman–Crippen MR) is 85.5 cm³/mol. The van der Waals surface area contributed by atoms with Crippen LogP contribution >= 0.6 is 0 Å². The van der Waals surface area contributed by atoms with Crippen LogP contribution in [0.15, 0.2) is 24.3 Å². The highest BCUT2D eigenvalue weighted by atomic mass is 16.5. The molecule has 1 aromatic rings. The van der Waals surface area contributed by atoms with Crippen LogP contribution in [0.2, 0.25) is 0 Å². The van der Waals surface area contributed by atoms with Crippen molar-refractivity contribution in [3.8, 4) is 5.75 Å². The Hall–Kier alpha value is -2.04. The molecule has 2 atom stereocenters. The van der Waals surface area contributed by atoms with Crippen LogP contribution in [-0.2, 0) is 4.79 Å². The summed E-state index contributed by atoms with van der Waals surface area (Å²) in [6, 6.07) is 6.98. The van der Waals surface area contributed by atoms with Gasteiger partial charge in [-0.15, -0.1) is 0 Å². The summed E-state index contributed by atoms with van der Waals surface area (Å²) in [5.41, 5.74) is 0.516. The lowest BCUT2D eigenvalue weighted by Gasteiger charge is -2.21. The largest absolute Gasteiger partial charge is 0.482 e. The Morgan fingerprint density at radius 1 is 1.22 bits per heavy atom. The zero-order valence-corrected chi connectivity index (χ0v) is 13.2. The molecule has 0 saturated heterocycles. The van der Waals surface area contributed by atoms with E-state index in [-0.39, 0.29) is 5.91 Å². The van der Waals surface area contributed by atoms with Crippen LogP contribution < -0.4 is 10.1 Å².